The van der Waals surface area contributed by atoms with E-state index in [4.69, 9.17) is 15.2 Å². The van der Waals surface area contributed by atoms with Crippen molar-refractivity contribution in [3.8, 4) is 0 Å². The van der Waals surface area contributed by atoms with Crippen LogP contribution in [0.4, 0.5) is 0 Å². The molecule has 0 aliphatic carbocycles. The zero-order valence-electron chi connectivity index (χ0n) is 19.8. The van der Waals surface area contributed by atoms with Gasteiger partial charge in [-0.05, 0) is 39.0 Å². The van der Waals surface area contributed by atoms with Crippen molar-refractivity contribution in [2.45, 2.75) is 93.4 Å². The third kappa shape index (κ3) is 8.08. The second-order valence-corrected chi connectivity index (χ2v) is 10.3. The van der Waals surface area contributed by atoms with Crippen molar-refractivity contribution in [2.75, 3.05) is 26.8 Å². The summed E-state index contributed by atoms with van der Waals surface area (Å²) in [5, 5.41) is 0. The first-order valence-electron chi connectivity index (χ1n) is 10.3. The number of rotatable bonds is 11. The molecule has 0 fully saturated rings. The van der Waals surface area contributed by atoms with Crippen LogP contribution in [0.25, 0.3) is 0 Å². The SMILES string of the molecule is CCN(CC(C)(C)C)C(=O)CC(C)(C)OC(COC)C(C)(C(C)C)C(C)N. The average Bonchev–Trinajstić information content (AvgIpc) is 2.49. The first-order valence-corrected chi connectivity index (χ1v) is 10.3. The molecule has 0 aromatic heterocycles. The van der Waals surface area contributed by atoms with E-state index in [-0.39, 0.29) is 28.9 Å². The quantitative estimate of drug-likeness (QED) is 0.581. The molecule has 0 spiro atoms. The van der Waals surface area contributed by atoms with Crippen molar-refractivity contribution in [2.24, 2.45) is 22.5 Å². The Hall–Kier alpha value is -0.650. The maximum Gasteiger partial charge on any atom is 0.225 e. The van der Waals surface area contributed by atoms with Crippen LogP contribution in [0, 0.1) is 16.7 Å². The molecule has 5 heteroatoms. The van der Waals surface area contributed by atoms with E-state index < -0.39 is 5.60 Å². The highest BCUT2D eigenvalue weighted by atomic mass is 16.5. The lowest BCUT2D eigenvalue weighted by Crippen LogP contribution is -2.55. The first kappa shape index (κ1) is 26.4. The van der Waals surface area contributed by atoms with Crippen molar-refractivity contribution in [1.29, 1.82) is 0 Å². The van der Waals surface area contributed by atoms with Gasteiger partial charge in [-0.3, -0.25) is 4.79 Å². The number of nitrogens with zero attached hydrogens (tertiary/aromatic N) is 1. The summed E-state index contributed by atoms with van der Waals surface area (Å²) >= 11 is 0. The van der Waals surface area contributed by atoms with E-state index in [0.717, 1.165) is 6.54 Å². The number of amides is 1. The van der Waals surface area contributed by atoms with Crippen LogP contribution in [0.3, 0.4) is 0 Å². The van der Waals surface area contributed by atoms with Gasteiger partial charge < -0.3 is 20.1 Å². The van der Waals surface area contributed by atoms with E-state index in [1.165, 1.54) is 0 Å². The van der Waals surface area contributed by atoms with Gasteiger partial charge in [0.1, 0.15) is 0 Å². The van der Waals surface area contributed by atoms with Gasteiger partial charge in [0, 0.05) is 31.7 Å². The fraction of sp³-hybridized carbons (Fsp3) is 0.955. The summed E-state index contributed by atoms with van der Waals surface area (Å²) in [5.41, 5.74) is 5.56. The highest BCUT2D eigenvalue weighted by molar-refractivity contribution is 5.77. The van der Waals surface area contributed by atoms with Gasteiger partial charge in [-0.2, -0.15) is 0 Å². The molecule has 0 radical (unpaired) electrons. The Morgan fingerprint density at radius 3 is 1.93 bits per heavy atom. The standard InChI is InChI=1S/C22H46N2O3/c1-12-24(15-20(5,6)7)19(25)13-21(8,9)27-18(14-26-11)22(10,16(2)3)17(4)23/h16-18H,12-15,23H2,1-11H3. The topological polar surface area (TPSA) is 64.8 Å². The number of methoxy groups -OCH3 is 1. The zero-order chi connectivity index (χ0) is 21.6. The van der Waals surface area contributed by atoms with Gasteiger partial charge in [0.2, 0.25) is 5.91 Å². The van der Waals surface area contributed by atoms with E-state index in [1.807, 2.05) is 32.6 Å². The fourth-order valence-electron chi connectivity index (χ4n) is 3.53. The van der Waals surface area contributed by atoms with E-state index >= 15 is 0 Å². The molecule has 0 heterocycles. The molecular formula is C22H46N2O3. The summed E-state index contributed by atoms with van der Waals surface area (Å²) < 4.78 is 12.0. The van der Waals surface area contributed by atoms with Crippen LogP contribution in [-0.2, 0) is 14.3 Å². The Morgan fingerprint density at radius 2 is 1.59 bits per heavy atom. The number of carbonyl (C=O) groups excluding carboxylic acids is 1. The third-order valence-electron chi connectivity index (χ3n) is 5.67. The van der Waals surface area contributed by atoms with Gasteiger partial charge in [0.15, 0.2) is 0 Å². The molecule has 27 heavy (non-hydrogen) atoms. The molecule has 0 aromatic rings. The highest BCUT2D eigenvalue weighted by Crippen LogP contribution is 2.38. The minimum atomic E-state index is -0.601. The number of hydrogen-bond acceptors (Lipinski definition) is 4. The Labute approximate surface area is 168 Å². The molecule has 1 amide bonds. The van der Waals surface area contributed by atoms with Crippen molar-refractivity contribution in [3.05, 3.63) is 0 Å². The zero-order valence-corrected chi connectivity index (χ0v) is 19.8. The number of ether oxygens (including phenoxy) is 2. The molecule has 5 nitrogen and oxygen atoms in total. The van der Waals surface area contributed by atoms with E-state index in [1.54, 1.807) is 7.11 Å². The third-order valence-corrected chi connectivity index (χ3v) is 5.67. The minimum absolute atomic E-state index is 0.0582. The van der Waals surface area contributed by atoms with E-state index in [0.29, 0.717) is 25.5 Å². The van der Waals surface area contributed by atoms with Gasteiger partial charge in [0.05, 0.1) is 24.7 Å². The van der Waals surface area contributed by atoms with Crippen molar-refractivity contribution >= 4 is 5.91 Å². The molecule has 0 saturated carbocycles. The summed E-state index contributed by atoms with van der Waals surface area (Å²) in [4.78, 5) is 14.8. The van der Waals surface area contributed by atoms with Crippen LogP contribution < -0.4 is 5.73 Å². The van der Waals surface area contributed by atoms with E-state index in [2.05, 4.69) is 41.5 Å². The summed E-state index contributed by atoms with van der Waals surface area (Å²) in [7, 11) is 1.68. The van der Waals surface area contributed by atoms with Crippen LogP contribution in [0.5, 0.6) is 0 Å². The van der Waals surface area contributed by atoms with E-state index in [9.17, 15) is 4.79 Å². The Balaban J connectivity index is 5.39. The Morgan fingerprint density at radius 1 is 1.07 bits per heavy atom. The predicted molar refractivity (Wildman–Crippen MR) is 114 cm³/mol. The molecule has 3 unspecified atom stereocenters. The van der Waals surface area contributed by atoms with Gasteiger partial charge in [-0.25, -0.2) is 0 Å². The molecule has 0 bridgehead atoms. The molecule has 0 aromatic carbocycles. The molecule has 2 N–H and O–H groups in total. The summed E-state index contributed by atoms with van der Waals surface area (Å²) in [5.74, 6) is 0.442. The summed E-state index contributed by atoms with van der Waals surface area (Å²) in [6, 6.07) is -0.0582. The van der Waals surface area contributed by atoms with Crippen LogP contribution in [0.2, 0.25) is 0 Å². The lowest BCUT2D eigenvalue weighted by molar-refractivity contribution is -0.171. The number of carbonyl (C=O) groups is 1. The van der Waals surface area contributed by atoms with Crippen molar-refractivity contribution in [1.82, 2.24) is 4.90 Å². The van der Waals surface area contributed by atoms with Gasteiger partial charge >= 0.3 is 0 Å². The average molecular weight is 387 g/mol. The van der Waals surface area contributed by atoms with Gasteiger partial charge in [-0.15, -0.1) is 0 Å². The largest absolute Gasteiger partial charge is 0.382 e. The van der Waals surface area contributed by atoms with Crippen LogP contribution in [-0.4, -0.2) is 55.4 Å². The lowest BCUT2D eigenvalue weighted by atomic mass is 9.69. The smallest absolute Gasteiger partial charge is 0.225 e. The van der Waals surface area contributed by atoms with Crippen LogP contribution in [0.15, 0.2) is 0 Å². The molecule has 0 aliphatic heterocycles. The van der Waals surface area contributed by atoms with Crippen molar-refractivity contribution < 1.29 is 14.3 Å². The molecule has 0 saturated heterocycles. The second-order valence-electron chi connectivity index (χ2n) is 10.3. The summed E-state index contributed by atoms with van der Waals surface area (Å²) in [6.07, 6.45) is 0.146. The number of hydrogen-bond donors (Lipinski definition) is 1. The van der Waals surface area contributed by atoms with Gasteiger partial charge in [-0.1, -0.05) is 41.5 Å². The Bertz CT molecular complexity index is 445. The number of nitrogens with two attached hydrogens (primary N) is 1. The highest BCUT2D eigenvalue weighted by Gasteiger charge is 2.44. The van der Waals surface area contributed by atoms with Crippen LogP contribution >= 0.6 is 0 Å². The molecular weight excluding hydrogens is 340 g/mol. The van der Waals surface area contributed by atoms with Crippen molar-refractivity contribution in [3.63, 3.8) is 0 Å². The molecule has 162 valence electrons. The maximum atomic E-state index is 12.9. The molecule has 3 atom stereocenters. The molecule has 0 rings (SSSR count). The Kier molecular flexibility index (Phi) is 9.97. The minimum Gasteiger partial charge on any atom is -0.382 e. The molecule has 0 aliphatic rings. The first-order chi connectivity index (χ1) is 12.1. The second kappa shape index (κ2) is 10.2. The lowest BCUT2D eigenvalue weighted by Gasteiger charge is -2.46. The van der Waals surface area contributed by atoms with Gasteiger partial charge in [0.25, 0.3) is 0 Å². The monoisotopic (exact) mass is 386 g/mol. The fourth-order valence-corrected chi connectivity index (χ4v) is 3.53. The maximum absolute atomic E-state index is 12.9. The normalized spacial score (nSPS) is 17.5. The van der Waals surface area contributed by atoms with Crippen LogP contribution in [0.1, 0.15) is 75.7 Å². The summed E-state index contributed by atoms with van der Waals surface area (Å²) in [6.45, 7) is 22.8. The predicted octanol–water partition coefficient (Wildman–Crippen LogP) is 4.09.